The zero-order chi connectivity index (χ0) is 13.2. The summed E-state index contributed by atoms with van der Waals surface area (Å²) >= 11 is 0. The van der Waals surface area contributed by atoms with Gasteiger partial charge in [0.05, 0.1) is 12.2 Å². The molecule has 4 heteroatoms. The predicted molar refractivity (Wildman–Crippen MR) is 75.1 cm³/mol. The van der Waals surface area contributed by atoms with Gasteiger partial charge in [0.1, 0.15) is 5.76 Å². The van der Waals surface area contributed by atoms with Crippen molar-refractivity contribution in [3.05, 3.63) is 17.3 Å². The van der Waals surface area contributed by atoms with Crippen LogP contribution in [0.25, 0.3) is 0 Å². The number of rotatable bonds is 5. The minimum Gasteiger partial charge on any atom is -0.444 e. The Bertz CT molecular complexity index is 400. The van der Waals surface area contributed by atoms with Crippen LogP contribution in [0, 0.1) is 13.8 Å². The highest BCUT2D eigenvalue weighted by Gasteiger charge is 2.31. The Kier molecular flexibility index (Phi) is 3.89. The number of aryl methyl sites for hydroxylation is 2. The second-order valence-electron chi connectivity index (χ2n) is 6.06. The minimum absolute atomic E-state index is 0.659. The summed E-state index contributed by atoms with van der Waals surface area (Å²) in [6.07, 6.45) is 6.69. The van der Waals surface area contributed by atoms with Gasteiger partial charge >= 0.3 is 0 Å². The van der Waals surface area contributed by atoms with Crippen LogP contribution in [0.15, 0.2) is 4.42 Å². The first-order chi connectivity index (χ1) is 9.22. The first-order valence-corrected chi connectivity index (χ1v) is 7.62. The average Bonchev–Trinajstić information content (AvgIpc) is 3.18. The Morgan fingerprint density at radius 3 is 2.68 bits per heavy atom. The van der Waals surface area contributed by atoms with Crippen molar-refractivity contribution in [3.8, 4) is 0 Å². The zero-order valence-corrected chi connectivity index (χ0v) is 12.1. The molecule has 3 rings (SSSR count). The third kappa shape index (κ3) is 3.37. The van der Waals surface area contributed by atoms with Gasteiger partial charge in [-0.2, -0.15) is 0 Å². The molecule has 1 aromatic heterocycles. The molecule has 0 amide bonds. The lowest BCUT2D eigenvalue weighted by Crippen LogP contribution is -2.44. The molecule has 19 heavy (non-hydrogen) atoms. The summed E-state index contributed by atoms with van der Waals surface area (Å²) in [6, 6.07) is 1.42. The molecule has 2 aliphatic rings. The van der Waals surface area contributed by atoms with Crippen LogP contribution in [0.1, 0.15) is 49.4 Å². The number of aromatic nitrogens is 1. The normalized spacial score (nSPS) is 24.1. The average molecular weight is 263 g/mol. The van der Waals surface area contributed by atoms with Crippen LogP contribution < -0.4 is 5.32 Å². The molecular weight excluding hydrogens is 238 g/mol. The molecule has 1 N–H and O–H groups in total. The van der Waals surface area contributed by atoms with Crippen LogP contribution in [0.2, 0.25) is 0 Å². The maximum atomic E-state index is 5.74. The first-order valence-electron chi connectivity index (χ1n) is 7.62. The van der Waals surface area contributed by atoms with Gasteiger partial charge in [0.25, 0.3) is 0 Å². The van der Waals surface area contributed by atoms with E-state index in [4.69, 9.17) is 4.42 Å². The monoisotopic (exact) mass is 263 g/mol. The van der Waals surface area contributed by atoms with E-state index in [0.717, 1.165) is 36.5 Å². The number of hydrogen-bond donors (Lipinski definition) is 1. The Morgan fingerprint density at radius 1 is 1.26 bits per heavy atom. The first kappa shape index (κ1) is 13.1. The van der Waals surface area contributed by atoms with Crippen molar-refractivity contribution in [3.63, 3.8) is 0 Å². The molecule has 0 aromatic carbocycles. The summed E-state index contributed by atoms with van der Waals surface area (Å²) in [7, 11) is 0. The Labute approximate surface area is 115 Å². The van der Waals surface area contributed by atoms with Gasteiger partial charge in [-0.1, -0.05) is 6.42 Å². The SMILES string of the molecule is Cc1nc(CN(CC2CCCCN2)C2CC2)oc1C. The summed E-state index contributed by atoms with van der Waals surface area (Å²) in [5, 5.41) is 3.64. The molecular formula is C15H25N3O. The van der Waals surface area contributed by atoms with E-state index in [9.17, 15) is 0 Å². The summed E-state index contributed by atoms with van der Waals surface area (Å²) in [5.41, 5.74) is 1.03. The fraction of sp³-hybridized carbons (Fsp3) is 0.800. The Balaban J connectivity index is 1.60. The van der Waals surface area contributed by atoms with E-state index in [1.807, 2.05) is 13.8 Å². The third-order valence-corrected chi connectivity index (χ3v) is 4.34. The van der Waals surface area contributed by atoms with Crippen LogP contribution in [-0.4, -0.2) is 35.1 Å². The van der Waals surface area contributed by atoms with Crippen molar-refractivity contribution in [2.45, 2.75) is 64.6 Å². The second kappa shape index (κ2) is 5.63. The fourth-order valence-corrected chi connectivity index (χ4v) is 2.93. The minimum atomic E-state index is 0.659. The summed E-state index contributed by atoms with van der Waals surface area (Å²) < 4.78 is 5.74. The third-order valence-electron chi connectivity index (χ3n) is 4.34. The summed E-state index contributed by atoms with van der Waals surface area (Å²) in [5.74, 6) is 1.85. The van der Waals surface area contributed by atoms with Crippen molar-refractivity contribution in [2.75, 3.05) is 13.1 Å². The van der Waals surface area contributed by atoms with E-state index in [2.05, 4.69) is 15.2 Å². The lowest BCUT2D eigenvalue weighted by atomic mass is 10.0. The lowest BCUT2D eigenvalue weighted by Gasteiger charge is -2.29. The molecule has 1 aliphatic carbocycles. The molecule has 0 bridgehead atoms. The maximum absolute atomic E-state index is 5.74. The van der Waals surface area contributed by atoms with E-state index >= 15 is 0 Å². The van der Waals surface area contributed by atoms with Crippen molar-refractivity contribution >= 4 is 0 Å². The van der Waals surface area contributed by atoms with Crippen molar-refractivity contribution in [1.82, 2.24) is 15.2 Å². The molecule has 0 radical (unpaired) electrons. The van der Waals surface area contributed by atoms with E-state index in [1.165, 1.54) is 38.6 Å². The van der Waals surface area contributed by atoms with Crippen molar-refractivity contribution in [2.24, 2.45) is 0 Å². The number of nitrogens with one attached hydrogen (secondary N) is 1. The molecule has 1 saturated heterocycles. The second-order valence-corrected chi connectivity index (χ2v) is 6.06. The quantitative estimate of drug-likeness (QED) is 0.885. The van der Waals surface area contributed by atoms with Crippen molar-refractivity contribution in [1.29, 1.82) is 0 Å². The zero-order valence-electron chi connectivity index (χ0n) is 12.1. The van der Waals surface area contributed by atoms with Crippen LogP contribution in [-0.2, 0) is 6.54 Å². The highest BCUT2D eigenvalue weighted by atomic mass is 16.4. The van der Waals surface area contributed by atoms with Gasteiger partial charge < -0.3 is 9.73 Å². The van der Waals surface area contributed by atoms with Crippen LogP contribution in [0.3, 0.4) is 0 Å². The molecule has 0 spiro atoms. The van der Waals surface area contributed by atoms with Gasteiger partial charge in [0.15, 0.2) is 0 Å². The number of oxazole rings is 1. The Hall–Kier alpha value is -0.870. The van der Waals surface area contributed by atoms with Crippen LogP contribution in [0.5, 0.6) is 0 Å². The predicted octanol–water partition coefficient (Wildman–Crippen LogP) is 2.40. The molecule has 1 unspecified atom stereocenters. The molecule has 1 saturated carbocycles. The van der Waals surface area contributed by atoms with Crippen LogP contribution >= 0.6 is 0 Å². The largest absolute Gasteiger partial charge is 0.444 e. The maximum Gasteiger partial charge on any atom is 0.208 e. The molecule has 4 nitrogen and oxygen atoms in total. The molecule has 1 aromatic rings. The molecule has 1 aliphatic heterocycles. The van der Waals surface area contributed by atoms with E-state index in [0.29, 0.717) is 6.04 Å². The highest BCUT2D eigenvalue weighted by Crippen LogP contribution is 2.29. The summed E-state index contributed by atoms with van der Waals surface area (Å²) in [6.45, 7) is 7.21. The van der Waals surface area contributed by atoms with E-state index < -0.39 is 0 Å². The molecule has 106 valence electrons. The lowest BCUT2D eigenvalue weighted by molar-refractivity contribution is 0.191. The van der Waals surface area contributed by atoms with Gasteiger partial charge in [-0.3, -0.25) is 4.90 Å². The molecule has 2 fully saturated rings. The molecule has 1 atom stereocenters. The molecule has 2 heterocycles. The van der Waals surface area contributed by atoms with Gasteiger partial charge in [-0.15, -0.1) is 0 Å². The smallest absolute Gasteiger partial charge is 0.208 e. The topological polar surface area (TPSA) is 41.3 Å². The van der Waals surface area contributed by atoms with Crippen molar-refractivity contribution < 1.29 is 4.42 Å². The number of piperidine rings is 1. The van der Waals surface area contributed by atoms with Gasteiger partial charge in [0.2, 0.25) is 5.89 Å². The van der Waals surface area contributed by atoms with E-state index in [1.54, 1.807) is 0 Å². The van der Waals surface area contributed by atoms with Crippen LogP contribution in [0.4, 0.5) is 0 Å². The van der Waals surface area contributed by atoms with Gasteiger partial charge in [0, 0.05) is 18.6 Å². The van der Waals surface area contributed by atoms with Gasteiger partial charge in [-0.25, -0.2) is 4.98 Å². The standard InChI is InChI=1S/C15H25N3O/c1-11-12(2)19-15(17-11)10-18(14-6-7-14)9-13-5-3-4-8-16-13/h13-14,16H,3-10H2,1-2H3. The fourth-order valence-electron chi connectivity index (χ4n) is 2.93. The summed E-state index contributed by atoms with van der Waals surface area (Å²) in [4.78, 5) is 7.09. The van der Waals surface area contributed by atoms with E-state index in [-0.39, 0.29) is 0 Å². The number of nitrogens with zero attached hydrogens (tertiary/aromatic N) is 2. The number of hydrogen-bond acceptors (Lipinski definition) is 4. The van der Waals surface area contributed by atoms with Gasteiger partial charge in [-0.05, 0) is 46.1 Å². The highest BCUT2D eigenvalue weighted by molar-refractivity contribution is 5.05. The Morgan fingerprint density at radius 2 is 2.11 bits per heavy atom.